The molecule has 114 valence electrons. The second-order valence-corrected chi connectivity index (χ2v) is 4.66. The molecule has 0 rings (SSSR count). The predicted octanol–water partition coefficient (Wildman–Crippen LogP) is 4.82. The highest BCUT2D eigenvalue weighted by Crippen LogP contribution is 2.05. The van der Waals surface area contributed by atoms with Crippen molar-refractivity contribution in [2.24, 2.45) is 5.73 Å². The zero-order chi connectivity index (χ0) is 15.1. The minimum Gasteiger partial charge on any atom is -0.382 e. The Morgan fingerprint density at radius 1 is 1.21 bits per heavy atom. The Morgan fingerprint density at radius 3 is 2.21 bits per heavy atom. The van der Waals surface area contributed by atoms with E-state index in [0.717, 1.165) is 31.6 Å². The maximum atomic E-state index is 5.03. The average Bonchev–Trinajstić information content (AvgIpc) is 2.37. The largest absolute Gasteiger partial charge is 0.382 e. The number of rotatable bonds is 8. The molecule has 0 radical (unpaired) electrons. The molecule has 0 fully saturated rings. The zero-order valence-electron chi connectivity index (χ0n) is 13.3. The molecule has 0 spiro atoms. The van der Waals surface area contributed by atoms with E-state index in [0.29, 0.717) is 0 Å². The van der Waals surface area contributed by atoms with Crippen LogP contribution in [0.15, 0.2) is 48.2 Å². The second kappa shape index (κ2) is 14.8. The van der Waals surface area contributed by atoms with Crippen LogP contribution in [-0.4, -0.2) is 13.1 Å². The molecular weight excluding hydrogens is 232 g/mol. The Balaban J connectivity index is -0.000000213. The Labute approximate surface area is 123 Å². The normalized spacial score (nSPS) is 11.4. The summed E-state index contributed by atoms with van der Waals surface area (Å²) in [7, 11) is 0. The molecule has 0 aromatic rings. The van der Waals surface area contributed by atoms with Gasteiger partial charge in [-0.05, 0) is 39.3 Å². The second-order valence-electron chi connectivity index (χ2n) is 4.66. The lowest BCUT2D eigenvalue weighted by atomic mass is 10.1. The van der Waals surface area contributed by atoms with Gasteiger partial charge < -0.3 is 11.1 Å². The van der Waals surface area contributed by atoms with E-state index in [1.165, 1.54) is 17.6 Å². The molecule has 0 heterocycles. The summed E-state index contributed by atoms with van der Waals surface area (Å²) in [6, 6.07) is 0. The van der Waals surface area contributed by atoms with Gasteiger partial charge in [0.25, 0.3) is 0 Å². The number of hydrogen-bond donors (Lipinski definition) is 2. The molecule has 0 saturated carbocycles. The first-order valence-electron chi connectivity index (χ1n) is 7.09. The molecule has 0 aromatic heterocycles. The van der Waals surface area contributed by atoms with Crippen molar-refractivity contribution in [2.45, 2.75) is 47.0 Å². The summed E-state index contributed by atoms with van der Waals surface area (Å²) in [4.78, 5) is 0. The molecule has 0 saturated heterocycles. The average molecular weight is 268 g/mol. The van der Waals surface area contributed by atoms with E-state index >= 15 is 0 Å². The molecule has 0 aromatic carbocycles. The highest BCUT2D eigenvalue weighted by molar-refractivity contribution is 5.20. The van der Waals surface area contributed by atoms with Gasteiger partial charge in [-0.25, -0.2) is 0 Å². The van der Waals surface area contributed by atoms with Gasteiger partial charge in [0, 0.05) is 15.1 Å². The van der Waals surface area contributed by atoms with E-state index in [9.17, 15) is 0 Å². The molecule has 0 atom stereocenters. The van der Waals surface area contributed by atoms with Crippen LogP contribution < -0.4 is 11.1 Å². The van der Waals surface area contributed by atoms with Crippen LogP contribution in [0.1, 0.15) is 49.8 Å². The van der Waals surface area contributed by atoms with Crippen LogP contribution in [0.3, 0.4) is 0 Å². The monoisotopic (exact) mass is 268 g/mol. The standard InChI is InChI=1S/C14H23N.C3H9N.2H2/c1-6-8-12(3)10-14(5)15-11-13(4)9-7-2;1-2-3-4;;/h7,9-10,15H,2,5-6,8,11H2,1,3-4H3;2-4H2,1H3;2*1H/b12-10+,13-9+;;;. The summed E-state index contributed by atoms with van der Waals surface area (Å²) < 4.78 is 0. The number of hydrogen-bond acceptors (Lipinski definition) is 2. The highest BCUT2D eigenvalue weighted by atomic mass is 14.9. The first-order valence-corrected chi connectivity index (χ1v) is 7.09. The quantitative estimate of drug-likeness (QED) is 0.620. The number of nitrogens with one attached hydrogen (secondary N) is 1. The van der Waals surface area contributed by atoms with Crippen molar-refractivity contribution < 1.29 is 2.85 Å². The smallest absolute Gasteiger partial charge is 0.0360 e. The van der Waals surface area contributed by atoms with Crippen molar-refractivity contribution in [3.63, 3.8) is 0 Å². The molecule has 0 aliphatic rings. The van der Waals surface area contributed by atoms with Crippen LogP contribution in [0.4, 0.5) is 0 Å². The highest BCUT2D eigenvalue weighted by Gasteiger charge is 1.92. The molecule has 19 heavy (non-hydrogen) atoms. The van der Waals surface area contributed by atoms with Gasteiger partial charge in [-0.1, -0.05) is 56.7 Å². The molecule has 3 N–H and O–H groups in total. The molecule has 0 unspecified atom stereocenters. The van der Waals surface area contributed by atoms with Crippen molar-refractivity contribution in [2.75, 3.05) is 13.1 Å². The van der Waals surface area contributed by atoms with Crippen molar-refractivity contribution in [1.29, 1.82) is 0 Å². The van der Waals surface area contributed by atoms with Crippen LogP contribution >= 0.6 is 0 Å². The predicted molar refractivity (Wildman–Crippen MR) is 93.3 cm³/mol. The van der Waals surface area contributed by atoms with Gasteiger partial charge in [0.15, 0.2) is 0 Å². The zero-order valence-corrected chi connectivity index (χ0v) is 13.3. The molecular formula is C17H36N2. The Bertz CT molecular complexity index is 306. The van der Waals surface area contributed by atoms with Gasteiger partial charge in [-0.15, -0.1) is 0 Å². The fourth-order valence-corrected chi connectivity index (χ4v) is 1.33. The summed E-state index contributed by atoms with van der Waals surface area (Å²) in [6.07, 6.45) is 9.35. The maximum absolute atomic E-state index is 5.03. The van der Waals surface area contributed by atoms with Gasteiger partial charge in [-0.3, -0.25) is 0 Å². The topological polar surface area (TPSA) is 38.0 Å². The van der Waals surface area contributed by atoms with Gasteiger partial charge in [-0.2, -0.15) is 0 Å². The van der Waals surface area contributed by atoms with Crippen LogP contribution in [0.25, 0.3) is 0 Å². The number of allylic oxidation sites excluding steroid dienone is 4. The minimum absolute atomic E-state index is 0. The van der Waals surface area contributed by atoms with Gasteiger partial charge >= 0.3 is 0 Å². The third-order valence-electron chi connectivity index (χ3n) is 2.35. The van der Waals surface area contributed by atoms with E-state index < -0.39 is 0 Å². The van der Waals surface area contributed by atoms with E-state index in [4.69, 9.17) is 5.73 Å². The summed E-state index contributed by atoms with van der Waals surface area (Å²) in [6.45, 7) is 17.7. The van der Waals surface area contributed by atoms with Crippen LogP contribution in [0.2, 0.25) is 0 Å². The molecule has 0 aliphatic carbocycles. The minimum atomic E-state index is 0. The Hall–Kier alpha value is -1.28. The van der Waals surface area contributed by atoms with Crippen molar-refractivity contribution in [3.05, 3.63) is 48.2 Å². The fourth-order valence-electron chi connectivity index (χ4n) is 1.33. The number of nitrogens with two attached hydrogens (primary N) is 1. The molecule has 0 amide bonds. The fraction of sp³-hybridized carbons (Fsp3) is 0.529. The summed E-state index contributed by atoms with van der Waals surface area (Å²) >= 11 is 0. The third kappa shape index (κ3) is 16.7. The molecule has 0 bridgehead atoms. The molecule has 2 nitrogen and oxygen atoms in total. The van der Waals surface area contributed by atoms with E-state index in [1.807, 2.05) is 6.08 Å². The van der Waals surface area contributed by atoms with Crippen LogP contribution in [0.5, 0.6) is 0 Å². The summed E-state index contributed by atoms with van der Waals surface area (Å²) in [5.41, 5.74) is 8.64. The summed E-state index contributed by atoms with van der Waals surface area (Å²) in [5.74, 6) is 0. The lowest BCUT2D eigenvalue weighted by Crippen LogP contribution is -2.13. The van der Waals surface area contributed by atoms with Gasteiger partial charge in [0.2, 0.25) is 0 Å². The lowest BCUT2D eigenvalue weighted by Gasteiger charge is -2.07. The van der Waals surface area contributed by atoms with Crippen molar-refractivity contribution in [1.82, 2.24) is 5.32 Å². The first kappa shape index (κ1) is 20.0. The maximum Gasteiger partial charge on any atom is 0.0360 e. The SMILES string of the molecule is C=C/C=C(\C)CNC(=C)/C=C(\C)CCC.CCCN.[HH].[HH]. The van der Waals surface area contributed by atoms with Gasteiger partial charge in [0.1, 0.15) is 0 Å². The van der Waals surface area contributed by atoms with Crippen molar-refractivity contribution >= 4 is 0 Å². The first-order chi connectivity index (χ1) is 9.01. The van der Waals surface area contributed by atoms with Crippen LogP contribution in [-0.2, 0) is 0 Å². The van der Waals surface area contributed by atoms with Crippen LogP contribution in [0, 0.1) is 0 Å². The third-order valence-corrected chi connectivity index (χ3v) is 2.35. The van der Waals surface area contributed by atoms with Crippen molar-refractivity contribution in [3.8, 4) is 0 Å². The van der Waals surface area contributed by atoms with Gasteiger partial charge in [0.05, 0.1) is 0 Å². The Kier molecular flexibility index (Phi) is 15.6. The summed E-state index contributed by atoms with van der Waals surface area (Å²) in [5, 5.41) is 3.27. The van der Waals surface area contributed by atoms with E-state index in [2.05, 4.69) is 52.2 Å². The Morgan fingerprint density at radius 2 is 1.79 bits per heavy atom. The molecule has 2 heteroatoms. The van der Waals surface area contributed by atoms with E-state index in [1.54, 1.807) is 6.08 Å². The lowest BCUT2D eigenvalue weighted by molar-refractivity contribution is 0.873. The molecule has 0 aliphatic heterocycles. The van der Waals surface area contributed by atoms with E-state index in [-0.39, 0.29) is 2.85 Å².